The van der Waals surface area contributed by atoms with E-state index in [0.29, 0.717) is 0 Å². The van der Waals surface area contributed by atoms with Crippen molar-refractivity contribution in [3.63, 3.8) is 0 Å². The van der Waals surface area contributed by atoms with Gasteiger partial charge in [0.15, 0.2) is 0 Å². The first kappa shape index (κ1) is 18.7. The van der Waals surface area contributed by atoms with Gasteiger partial charge in [0.1, 0.15) is 0 Å². The third kappa shape index (κ3) is 14.4. The summed E-state index contributed by atoms with van der Waals surface area (Å²) in [5.74, 6) is -0.149. The number of hydrogen-bond donors (Lipinski definition) is 1. The van der Waals surface area contributed by atoms with Crippen LogP contribution in [0.2, 0.25) is 0 Å². The molecule has 18 heavy (non-hydrogen) atoms. The van der Waals surface area contributed by atoms with Gasteiger partial charge in [-0.3, -0.25) is 9.59 Å². The lowest BCUT2D eigenvalue weighted by molar-refractivity contribution is -0.123. The molecule has 0 spiro atoms. The molecule has 0 aromatic rings. The Hall–Kier alpha value is -1.62. The zero-order valence-electron chi connectivity index (χ0n) is 11.9. The predicted molar refractivity (Wildman–Crippen MR) is 75.3 cm³/mol. The van der Waals surface area contributed by atoms with Crippen molar-refractivity contribution in [2.75, 3.05) is 41.3 Å². The molecule has 0 fully saturated rings. The Morgan fingerprint density at radius 2 is 1.67 bits per heavy atom. The molecule has 0 aromatic heterocycles. The SMILES string of the molecule is C=CC(=O)N(C)C.C=CC(=O)NCCCN(C)C. The average Bonchev–Trinajstić information content (AvgIpc) is 2.33. The molecule has 104 valence electrons. The highest BCUT2D eigenvalue weighted by Crippen LogP contribution is 1.80. The number of carbonyl (C=O) groups excluding carboxylic acids is 2. The number of nitrogens with one attached hydrogen (secondary N) is 1. The van der Waals surface area contributed by atoms with Crippen molar-refractivity contribution < 1.29 is 9.59 Å². The number of carbonyl (C=O) groups is 2. The van der Waals surface area contributed by atoms with Gasteiger partial charge in [-0.05, 0) is 39.2 Å². The molecule has 0 aliphatic rings. The summed E-state index contributed by atoms with van der Waals surface area (Å²) in [6.45, 7) is 8.37. The molecular formula is C13H25N3O2. The van der Waals surface area contributed by atoms with Crippen LogP contribution in [-0.4, -0.2) is 62.9 Å². The van der Waals surface area contributed by atoms with Crippen molar-refractivity contribution in [3.05, 3.63) is 25.3 Å². The van der Waals surface area contributed by atoms with Gasteiger partial charge < -0.3 is 15.1 Å². The largest absolute Gasteiger partial charge is 0.353 e. The number of nitrogens with zero attached hydrogens (tertiary/aromatic N) is 2. The van der Waals surface area contributed by atoms with Crippen LogP contribution in [-0.2, 0) is 9.59 Å². The highest BCUT2D eigenvalue weighted by atomic mass is 16.2. The fourth-order valence-electron chi connectivity index (χ4n) is 0.862. The van der Waals surface area contributed by atoms with Crippen LogP contribution in [0.5, 0.6) is 0 Å². The van der Waals surface area contributed by atoms with Gasteiger partial charge in [-0.25, -0.2) is 0 Å². The second-order valence-corrected chi connectivity index (χ2v) is 4.09. The molecule has 0 unspecified atom stereocenters. The molecule has 2 amide bonds. The van der Waals surface area contributed by atoms with E-state index >= 15 is 0 Å². The highest BCUT2D eigenvalue weighted by molar-refractivity contribution is 5.86. The molecule has 1 N–H and O–H groups in total. The second-order valence-electron chi connectivity index (χ2n) is 4.09. The molecule has 5 nitrogen and oxygen atoms in total. The number of rotatable bonds is 6. The summed E-state index contributed by atoms with van der Waals surface area (Å²) >= 11 is 0. The summed E-state index contributed by atoms with van der Waals surface area (Å²) in [6, 6.07) is 0. The van der Waals surface area contributed by atoms with E-state index in [1.807, 2.05) is 14.1 Å². The maximum atomic E-state index is 10.6. The van der Waals surface area contributed by atoms with Gasteiger partial charge in [0.2, 0.25) is 11.8 Å². The summed E-state index contributed by atoms with van der Waals surface area (Å²) in [7, 11) is 7.39. The molecule has 0 saturated carbocycles. The summed E-state index contributed by atoms with van der Waals surface area (Å²) < 4.78 is 0. The van der Waals surface area contributed by atoms with E-state index in [9.17, 15) is 9.59 Å². The minimum Gasteiger partial charge on any atom is -0.353 e. The van der Waals surface area contributed by atoms with Crippen molar-refractivity contribution in [2.24, 2.45) is 0 Å². The van der Waals surface area contributed by atoms with Crippen molar-refractivity contribution >= 4 is 11.8 Å². The topological polar surface area (TPSA) is 52.7 Å². The van der Waals surface area contributed by atoms with Crippen LogP contribution in [0.1, 0.15) is 6.42 Å². The van der Waals surface area contributed by atoms with E-state index in [4.69, 9.17) is 0 Å². The molecular weight excluding hydrogens is 230 g/mol. The van der Waals surface area contributed by atoms with E-state index in [-0.39, 0.29) is 11.8 Å². The molecule has 0 aliphatic carbocycles. The first-order valence-electron chi connectivity index (χ1n) is 5.73. The van der Waals surface area contributed by atoms with Gasteiger partial charge in [-0.2, -0.15) is 0 Å². The molecule has 0 bridgehead atoms. The van der Waals surface area contributed by atoms with Gasteiger partial charge >= 0.3 is 0 Å². The Kier molecular flexibility index (Phi) is 12.3. The second kappa shape index (κ2) is 11.9. The van der Waals surface area contributed by atoms with E-state index in [1.165, 1.54) is 17.1 Å². The fraction of sp³-hybridized carbons (Fsp3) is 0.538. The number of amides is 2. The maximum Gasteiger partial charge on any atom is 0.245 e. The Morgan fingerprint density at radius 1 is 1.11 bits per heavy atom. The summed E-state index contributed by atoms with van der Waals surface area (Å²) in [6.07, 6.45) is 3.54. The monoisotopic (exact) mass is 255 g/mol. The lowest BCUT2D eigenvalue weighted by Gasteiger charge is -2.08. The molecule has 0 saturated heterocycles. The van der Waals surface area contributed by atoms with Crippen molar-refractivity contribution in [2.45, 2.75) is 6.42 Å². The molecule has 0 aromatic carbocycles. The average molecular weight is 255 g/mol. The predicted octanol–water partition coefficient (Wildman–Crippen LogP) is 0.501. The first-order valence-corrected chi connectivity index (χ1v) is 5.73. The number of likely N-dealkylation sites (N-methyl/N-ethyl adjacent to an activating group) is 1. The minimum absolute atomic E-state index is 0.0556. The Morgan fingerprint density at radius 3 is 1.94 bits per heavy atom. The quantitative estimate of drug-likeness (QED) is 0.555. The number of hydrogen-bond acceptors (Lipinski definition) is 3. The van der Waals surface area contributed by atoms with Crippen molar-refractivity contribution in [1.29, 1.82) is 0 Å². The van der Waals surface area contributed by atoms with Gasteiger partial charge in [0, 0.05) is 20.6 Å². The van der Waals surface area contributed by atoms with Crippen molar-refractivity contribution in [1.82, 2.24) is 15.1 Å². The van der Waals surface area contributed by atoms with E-state index < -0.39 is 0 Å². The van der Waals surface area contributed by atoms with Gasteiger partial charge in [0.25, 0.3) is 0 Å². The van der Waals surface area contributed by atoms with Crippen LogP contribution in [0.3, 0.4) is 0 Å². The molecule has 0 heterocycles. The minimum atomic E-state index is -0.0937. The van der Waals surface area contributed by atoms with Crippen LogP contribution in [0.25, 0.3) is 0 Å². The zero-order valence-corrected chi connectivity index (χ0v) is 11.9. The lowest BCUT2D eigenvalue weighted by atomic mass is 10.4. The fourth-order valence-corrected chi connectivity index (χ4v) is 0.862. The lowest BCUT2D eigenvalue weighted by Crippen LogP contribution is -2.25. The standard InChI is InChI=1S/C8H16N2O.C5H9NO/c1-4-8(11)9-6-5-7-10(2)3;1-4-5(7)6(2)3/h4H,1,5-7H2,2-3H3,(H,9,11);4H,1H2,2-3H3. The van der Waals surface area contributed by atoms with Crippen molar-refractivity contribution in [3.8, 4) is 0 Å². The summed E-state index contributed by atoms with van der Waals surface area (Å²) in [5.41, 5.74) is 0. The third-order valence-corrected chi connectivity index (χ3v) is 1.88. The van der Waals surface area contributed by atoms with Crippen LogP contribution in [0.4, 0.5) is 0 Å². The Bertz CT molecular complexity index is 273. The zero-order chi connectivity index (χ0) is 14.6. The molecule has 0 aliphatic heterocycles. The third-order valence-electron chi connectivity index (χ3n) is 1.88. The van der Waals surface area contributed by atoms with Crippen LogP contribution < -0.4 is 5.32 Å². The first-order chi connectivity index (χ1) is 8.34. The molecule has 5 heteroatoms. The highest BCUT2D eigenvalue weighted by Gasteiger charge is 1.93. The van der Waals surface area contributed by atoms with Crippen LogP contribution in [0.15, 0.2) is 25.3 Å². The smallest absolute Gasteiger partial charge is 0.245 e. The van der Waals surface area contributed by atoms with E-state index in [0.717, 1.165) is 19.5 Å². The van der Waals surface area contributed by atoms with Gasteiger partial charge in [-0.15, -0.1) is 0 Å². The Labute approximate surface area is 110 Å². The normalized spacial score (nSPS) is 8.94. The van der Waals surface area contributed by atoms with Crippen LogP contribution >= 0.6 is 0 Å². The molecule has 0 rings (SSSR count). The van der Waals surface area contributed by atoms with Gasteiger partial charge in [-0.1, -0.05) is 13.2 Å². The summed E-state index contributed by atoms with van der Waals surface area (Å²) in [5, 5.41) is 2.70. The van der Waals surface area contributed by atoms with Crippen LogP contribution in [0, 0.1) is 0 Å². The van der Waals surface area contributed by atoms with E-state index in [2.05, 4.69) is 23.4 Å². The Balaban J connectivity index is 0. The maximum absolute atomic E-state index is 10.6. The van der Waals surface area contributed by atoms with E-state index in [1.54, 1.807) is 14.1 Å². The summed E-state index contributed by atoms with van der Waals surface area (Å²) in [4.78, 5) is 24.5. The van der Waals surface area contributed by atoms with Gasteiger partial charge in [0.05, 0.1) is 0 Å². The molecule has 0 radical (unpaired) electrons. The molecule has 0 atom stereocenters.